The molecule has 0 spiro atoms. The van der Waals surface area contributed by atoms with E-state index < -0.39 is 0 Å². The molecule has 2 aromatic rings. The molecule has 0 saturated heterocycles. The van der Waals surface area contributed by atoms with E-state index in [4.69, 9.17) is 0 Å². The van der Waals surface area contributed by atoms with E-state index in [2.05, 4.69) is 30.3 Å². The Morgan fingerprint density at radius 2 is 1.96 bits per heavy atom. The van der Waals surface area contributed by atoms with Gasteiger partial charge in [0.15, 0.2) is 0 Å². The number of carbonyl (C=O) groups is 1. The molecular weight excluding hydrogens is 322 g/mol. The van der Waals surface area contributed by atoms with Crippen LogP contribution in [0.5, 0.6) is 0 Å². The minimum absolute atomic E-state index is 0.00410. The van der Waals surface area contributed by atoms with Gasteiger partial charge in [0, 0.05) is 17.8 Å². The fourth-order valence-electron chi connectivity index (χ4n) is 3.76. The van der Waals surface area contributed by atoms with E-state index in [0.717, 1.165) is 24.2 Å². The fraction of sp³-hybridized carbons (Fsp3) is 0.455. The fourth-order valence-corrected chi connectivity index (χ4v) is 3.76. The summed E-state index contributed by atoms with van der Waals surface area (Å²) in [5, 5.41) is 7.67. The van der Waals surface area contributed by atoms with Crippen LogP contribution in [0.4, 0.5) is 0 Å². The Balaban J connectivity index is 1.62. The molecular formula is C22H29N3O. The van der Waals surface area contributed by atoms with Gasteiger partial charge in [0.25, 0.3) is 5.91 Å². The molecule has 1 aliphatic rings. The molecule has 138 valence electrons. The molecule has 1 aromatic carbocycles. The molecule has 3 rings (SSSR count). The van der Waals surface area contributed by atoms with Crippen LogP contribution < -0.4 is 5.32 Å². The second-order valence-electron chi connectivity index (χ2n) is 7.08. The van der Waals surface area contributed by atoms with Crippen molar-refractivity contribution in [1.29, 1.82) is 0 Å². The lowest BCUT2D eigenvalue weighted by molar-refractivity contribution is 0.0954. The highest BCUT2D eigenvalue weighted by molar-refractivity contribution is 5.94. The molecule has 1 amide bonds. The van der Waals surface area contributed by atoms with Crippen LogP contribution in [-0.4, -0.2) is 22.2 Å². The maximum absolute atomic E-state index is 12.4. The summed E-state index contributed by atoms with van der Waals surface area (Å²) in [5.41, 5.74) is 6.72. The second-order valence-corrected chi connectivity index (χ2v) is 7.08. The van der Waals surface area contributed by atoms with Crippen molar-refractivity contribution in [3.63, 3.8) is 0 Å². The smallest absolute Gasteiger partial charge is 0.251 e. The molecule has 1 N–H and O–H groups in total. The third kappa shape index (κ3) is 4.06. The van der Waals surface area contributed by atoms with Crippen molar-refractivity contribution in [2.75, 3.05) is 6.54 Å². The zero-order valence-electron chi connectivity index (χ0n) is 16.1. The van der Waals surface area contributed by atoms with E-state index in [1.807, 2.05) is 35.9 Å². The minimum Gasteiger partial charge on any atom is -0.352 e. The molecule has 1 heterocycles. The maximum Gasteiger partial charge on any atom is 0.251 e. The van der Waals surface area contributed by atoms with Gasteiger partial charge in [-0.2, -0.15) is 5.10 Å². The van der Waals surface area contributed by atoms with Crippen molar-refractivity contribution >= 4 is 5.91 Å². The van der Waals surface area contributed by atoms with Crippen molar-refractivity contribution in [2.24, 2.45) is 0 Å². The lowest BCUT2D eigenvalue weighted by Gasteiger charge is -2.13. The maximum atomic E-state index is 12.4. The van der Waals surface area contributed by atoms with Crippen LogP contribution in [0.25, 0.3) is 5.69 Å². The zero-order valence-corrected chi connectivity index (χ0v) is 16.1. The van der Waals surface area contributed by atoms with Gasteiger partial charge in [-0.3, -0.25) is 4.79 Å². The van der Waals surface area contributed by atoms with E-state index in [-0.39, 0.29) is 5.91 Å². The SMILES string of the molecule is CCc1c(C)nn(-c2ccc(C(=O)NCCC3=CCCCC3)cc2)c1C. The van der Waals surface area contributed by atoms with Crippen LogP contribution in [-0.2, 0) is 6.42 Å². The number of hydrogen-bond acceptors (Lipinski definition) is 2. The lowest BCUT2D eigenvalue weighted by Crippen LogP contribution is -2.24. The zero-order chi connectivity index (χ0) is 18.5. The van der Waals surface area contributed by atoms with Gasteiger partial charge in [-0.05, 0) is 82.2 Å². The van der Waals surface area contributed by atoms with Gasteiger partial charge in [0.05, 0.1) is 11.4 Å². The number of aryl methyl sites for hydroxylation is 1. The normalized spacial score (nSPS) is 14.2. The summed E-state index contributed by atoms with van der Waals surface area (Å²) in [6.07, 6.45) is 9.25. The number of allylic oxidation sites excluding steroid dienone is 1. The predicted molar refractivity (Wildman–Crippen MR) is 106 cm³/mol. The first kappa shape index (κ1) is 18.4. The lowest BCUT2D eigenvalue weighted by atomic mass is 9.97. The van der Waals surface area contributed by atoms with E-state index in [1.54, 1.807) is 0 Å². The summed E-state index contributed by atoms with van der Waals surface area (Å²) < 4.78 is 1.96. The van der Waals surface area contributed by atoms with Gasteiger partial charge in [-0.15, -0.1) is 0 Å². The molecule has 0 unspecified atom stereocenters. The highest BCUT2D eigenvalue weighted by Crippen LogP contribution is 2.20. The molecule has 0 bridgehead atoms. The Bertz CT molecular complexity index is 800. The Hall–Kier alpha value is -2.36. The summed E-state index contributed by atoms with van der Waals surface area (Å²) >= 11 is 0. The first-order chi connectivity index (χ1) is 12.6. The first-order valence-corrected chi connectivity index (χ1v) is 9.71. The molecule has 4 heteroatoms. The van der Waals surface area contributed by atoms with Crippen LogP contribution in [0.2, 0.25) is 0 Å². The van der Waals surface area contributed by atoms with Crippen LogP contribution >= 0.6 is 0 Å². The van der Waals surface area contributed by atoms with E-state index >= 15 is 0 Å². The number of carbonyl (C=O) groups excluding carboxylic acids is 1. The van der Waals surface area contributed by atoms with Gasteiger partial charge in [-0.1, -0.05) is 18.6 Å². The summed E-state index contributed by atoms with van der Waals surface area (Å²) in [6.45, 7) is 7.01. The van der Waals surface area contributed by atoms with Gasteiger partial charge in [0.1, 0.15) is 0 Å². The molecule has 4 nitrogen and oxygen atoms in total. The quantitative estimate of drug-likeness (QED) is 0.769. The number of benzene rings is 1. The second kappa shape index (κ2) is 8.35. The average Bonchev–Trinajstić information content (AvgIpc) is 2.96. The van der Waals surface area contributed by atoms with Gasteiger partial charge >= 0.3 is 0 Å². The van der Waals surface area contributed by atoms with Crippen LogP contribution in [0.15, 0.2) is 35.9 Å². The van der Waals surface area contributed by atoms with Crippen molar-refractivity contribution in [3.8, 4) is 5.69 Å². The van der Waals surface area contributed by atoms with Gasteiger partial charge in [-0.25, -0.2) is 4.68 Å². The Labute approximate surface area is 156 Å². The number of amides is 1. The van der Waals surface area contributed by atoms with Crippen LogP contribution in [0, 0.1) is 13.8 Å². The van der Waals surface area contributed by atoms with Crippen molar-refractivity contribution in [3.05, 3.63) is 58.4 Å². The number of rotatable bonds is 6. The largest absolute Gasteiger partial charge is 0.352 e. The topological polar surface area (TPSA) is 46.9 Å². The average molecular weight is 351 g/mol. The molecule has 1 aromatic heterocycles. The summed E-state index contributed by atoms with van der Waals surface area (Å²) in [4.78, 5) is 12.4. The molecule has 26 heavy (non-hydrogen) atoms. The molecule has 0 fully saturated rings. The monoisotopic (exact) mass is 351 g/mol. The summed E-state index contributed by atoms with van der Waals surface area (Å²) in [5.74, 6) is -0.00410. The Morgan fingerprint density at radius 3 is 2.58 bits per heavy atom. The Kier molecular flexibility index (Phi) is 5.92. The molecule has 1 aliphatic carbocycles. The van der Waals surface area contributed by atoms with E-state index in [9.17, 15) is 4.79 Å². The van der Waals surface area contributed by atoms with Crippen LogP contribution in [0.1, 0.15) is 66.3 Å². The molecule has 0 saturated carbocycles. The third-order valence-corrected chi connectivity index (χ3v) is 5.29. The van der Waals surface area contributed by atoms with Gasteiger partial charge in [0.2, 0.25) is 0 Å². The third-order valence-electron chi connectivity index (χ3n) is 5.29. The highest BCUT2D eigenvalue weighted by atomic mass is 16.1. The van der Waals surface area contributed by atoms with Crippen molar-refractivity contribution in [2.45, 2.75) is 59.3 Å². The molecule has 0 aliphatic heterocycles. The van der Waals surface area contributed by atoms with Crippen LogP contribution in [0.3, 0.4) is 0 Å². The number of hydrogen-bond donors (Lipinski definition) is 1. The van der Waals surface area contributed by atoms with Crippen molar-refractivity contribution in [1.82, 2.24) is 15.1 Å². The number of nitrogens with one attached hydrogen (secondary N) is 1. The molecule has 0 radical (unpaired) electrons. The summed E-state index contributed by atoms with van der Waals surface area (Å²) in [6, 6.07) is 7.70. The van der Waals surface area contributed by atoms with E-state index in [1.165, 1.54) is 42.5 Å². The van der Waals surface area contributed by atoms with Crippen molar-refractivity contribution < 1.29 is 4.79 Å². The number of aromatic nitrogens is 2. The molecule has 0 atom stereocenters. The highest BCUT2D eigenvalue weighted by Gasteiger charge is 2.12. The Morgan fingerprint density at radius 1 is 1.19 bits per heavy atom. The standard InChI is InChI=1S/C22H29N3O/c1-4-21-16(2)24-25(17(21)3)20-12-10-19(11-13-20)22(26)23-15-14-18-8-6-5-7-9-18/h8,10-13H,4-7,9,14-15H2,1-3H3,(H,23,26). The first-order valence-electron chi connectivity index (χ1n) is 9.71. The minimum atomic E-state index is -0.00410. The summed E-state index contributed by atoms with van der Waals surface area (Å²) in [7, 11) is 0. The predicted octanol–water partition coefficient (Wildman–Crippen LogP) is 4.67. The van der Waals surface area contributed by atoms with Gasteiger partial charge < -0.3 is 5.32 Å². The van der Waals surface area contributed by atoms with E-state index in [0.29, 0.717) is 12.1 Å². The number of nitrogens with zero attached hydrogens (tertiary/aromatic N) is 2.